The molecule has 0 saturated carbocycles. The first-order valence-corrected chi connectivity index (χ1v) is 8.66. The summed E-state index contributed by atoms with van der Waals surface area (Å²) in [6.45, 7) is 3.98. The van der Waals surface area contributed by atoms with E-state index in [1.807, 2.05) is 6.07 Å². The number of quaternary nitrogens is 1. The molecule has 0 atom stereocenters. The zero-order chi connectivity index (χ0) is 16.8. The van der Waals surface area contributed by atoms with Gasteiger partial charge in [-0.2, -0.15) is 0 Å². The van der Waals surface area contributed by atoms with Crippen molar-refractivity contribution in [3.63, 3.8) is 0 Å². The summed E-state index contributed by atoms with van der Waals surface area (Å²) >= 11 is 0. The maximum absolute atomic E-state index is 12.9. The fourth-order valence-corrected chi connectivity index (χ4v) is 3.28. The molecule has 1 aliphatic rings. The normalized spacial score (nSPS) is 15.2. The minimum absolute atomic E-state index is 0.171. The first-order valence-electron chi connectivity index (χ1n) is 8.66. The first kappa shape index (κ1) is 16.7. The number of halogens is 1. The Balaban J connectivity index is 1.62. The van der Waals surface area contributed by atoms with E-state index in [-0.39, 0.29) is 11.7 Å². The van der Waals surface area contributed by atoms with Gasteiger partial charge < -0.3 is 10.2 Å². The maximum atomic E-state index is 12.9. The highest BCUT2D eigenvalue weighted by Crippen LogP contribution is 2.09. The predicted molar refractivity (Wildman–Crippen MR) is 92.3 cm³/mol. The Morgan fingerprint density at radius 1 is 0.958 bits per heavy atom. The third-order valence-electron chi connectivity index (χ3n) is 4.67. The Hall–Kier alpha value is -2.20. The van der Waals surface area contributed by atoms with Crippen LogP contribution in [0, 0.1) is 5.82 Å². The lowest BCUT2D eigenvalue weighted by Crippen LogP contribution is -3.11. The van der Waals surface area contributed by atoms with E-state index in [2.05, 4.69) is 23.5 Å². The molecule has 0 aliphatic carbocycles. The summed E-state index contributed by atoms with van der Waals surface area (Å²) < 4.78 is 12.9. The molecule has 1 saturated heterocycles. The second kappa shape index (κ2) is 8.06. The molecule has 2 aromatic carbocycles. The number of piperidine rings is 1. The van der Waals surface area contributed by atoms with Crippen molar-refractivity contribution < 1.29 is 14.1 Å². The van der Waals surface area contributed by atoms with Crippen LogP contribution in [0.15, 0.2) is 48.5 Å². The van der Waals surface area contributed by atoms with Crippen LogP contribution in [0.3, 0.4) is 0 Å². The molecule has 4 heteroatoms. The van der Waals surface area contributed by atoms with Gasteiger partial charge in [0.25, 0.3) is 5.91 Å². The molecule has 2 aromatic rings. The van der Waals surface area contributed by atoms with Gasteiger partial charge in [-0.25, -0.2) is 4.39 Å². The van der Waals surface area contributed by atoms with Crippen molar-refractivity contribution in [3.8, 4) is 0 Å². The van der Waals surface area contributed by atoms with E-state index in [1.54, 1.807) is 4.90 Å². The zero-order valence-corrected chi connectivity index (χ0v) is 13.9. The summed E-state index contributed by atoms with van der Waals surface area (Å²) in [7, 11) is 0. The molecule has 0 unspecified atom stereocenters. The summed E-state index contributed by atoms with van der Waals surface area (Å²) in [5.74, 6) is -0.503. The molecule has 24 heavy (non-hydrogen) atoms. The standard InChI is InChI=1S/C20H23FN2O/c21-19-10-8-16(9-11-19)20(24)22-14-17-6-2-3-7-18(17)15-23-12-4-1-5-13-23/h2-3,6-11H,1,4-5,12-15H2,(H,22,24)/p+1. The van der Waals surface area contributed by atoms with Gasteiger partial charge in [-0.3, -0.25) is 4.79 Å². The number of nitrogens with one attached hydrogen (secondary N) is 2. The Bertz CT molecular complexity index is 678. The van der Waals surface area contributed by atoms with Crippen molar-refractivity contribution in [1.29, 1.82) is 0 Å². The van der Waals surface area contributed by atoms with Gasteiger partial charge in [0.2, 0.25) is 0 Å². The largest absolute Gasteiger partial charge is 0.348 e. The van der Waals surface area contributed by atoms with Gasteiger partial charge in [-0.1, -0.05) is 24.3 Å². The number of carbonyl (C=O) groups excluding carboxylic acids is 1. The fourth-order valence-electron chi connectivity index (χ4n) is 3.28. The smallest absolute Gasteiger partial charge is 0.251 e. The molecule has 3 rings (SSSR count). The topological polar surface area (TPSA) is 33.5 Å². The van der Waals surface area contributed by atoms with Crippen LogP contribution in [-0.2, 0) is 13.1 Å². The van der Waals surface area contributed by atoms with Crippen molar-refractivity contribution >= 4 is 5.91 Å². The average Bonchev–Trinajstić information content (AvgIpc) is 2.62. The molecule has 126 valence electrons. The van der Waals surface area contributed by atoms with Gasteiger partial charge in [0, 0.05) is 17.7 Å². The second-order valence-corrected chi connectivity index (χ2v) is 6.45. The van der Waals surface area contributed by atoms with Gasteiger partial charge in [-0.05, 0) is 49.1 Å². The molecular weight excluding hydrogens is 303 g/mol. The Morgan fingerprint density at radius 2 is 1.62 bits per heavy atom. The lowest BCUT2D eigenvalue weighted by molar-refractivity contribution is -0.918. The van der Waals surface area contributed by atoms with Crippen molar-refractivity contribution in [1.82, 2.24) is 5.32 Å². The Labute approximate surface area is 142 Å². The third-order valence-corrected chi connectivity index (χ3v) is 4.67. The van der Waals surface area contributed by atoms with Crippen molar-refractivity contribution in [2.45, 2.75) is 32.4 Å². The van der Waals surface area contributed by atoms with Crippen LogP contribution in [0.1, 0.15) is 40.7 Å². The minimum atomic E-state index is -0.332. The summed E-state index contributed by atoms with van der Waals surface area (Å²) in [5, 5.41) is 2.94. The molecule has 0 bridgehead atoms. The van der Waals surface area contributed by atoms with Gasteiger partial charge in [0.15, 0.2) is 0 Å². The van der Waals surface area contributed by atoms with E-state index in [0.29, 0.717) is 12.1 Å². The molecule has 3 nitrogen and oxygen atoms in total. The summed E-state index contributed by atoms with van der Waals surface area (Å²) in [6.07, 6.45) is 3.95. The summed E-state index contributed by atoms with van der Waals surface area (Å²) in [5.41, 5.74) is 2.94. The van der Waals surface area contributed by atoms with E-state index in [4.69, 9.17) is 0 Å². The second-order valence-electron chi connectivity index (χ2n) is 6.45. The Kier molecular flexibility index (Phi) is 5.59. The number of amides is 1. The van der Waals surface area contributed by atoms with Crippen molar-refractivity contribution in [2.24, 2.45) is 0 Å². The highest BCUT2D eigenvalue weighted by Gasteiger charge is 2.16. The van der Waals surface area contributed by atoms with Crippen LogP contribution in [-0.4, -0.2) is 19.0 Å². The van der Waals surface area contributed by atoms with Crippen LogP contribution in [0.25, 0.3) is 0 Å². The minimum Gasteiger partial charge on any atom is -0.348 e. The highest BCUT2D eigenvalue weighted by atomic mass is 19.1. The average molecular weight is 327 g/mol. The number of benzene rings is 2. The SMILES string of the molecule is O=C(NCc1ccccc1C[NH+]1CCCCC1)c1ccc(F)cc1. The molecule has 0 aromatic heterocycles. The van der Waals surface area contributed by atoms with E-state index in [0.717, 1.165) is 12.1 Å². The number of hydrogen-bond acceptors (Lipinski definition) is 1. The van der Waals surface area contributed by atoms with Crippen molar-refractivity contribution in [3.05, 3.63) is 71.0 Å². The lowest BCUT2D eigenvalue weighted by Gasteiger charge is -2.24. The number of hydrogen-bond donors (Lipinski definition) is 2. The lowest BCUT2D eigenvalue weighted by atomic mass is 10.0. The van der Waals surface area contributed by atoms with Crippen LogP contribution < -0.4 is 10.2 Å². The van der Waals surface area contributed by atoms with Crippen LogP contribution in [0.5, 0.6) is 0 Å². The van der Waals surface area contributed by atoms with E-state index in [9.17, 15) is 9.18 Å². The Morgan fingerprint density at radius 3 is 2.33 bits per heavy atom. The van der Waals surface area contributed by atoms with Crippen molar-refractivity contribution in [2.75, 3.05) is 13.1 Å². The van der Waals surface area contributed by atoms with Crippen LogP contribution in [0.2, 0.25) is 0 Å². The summed E-state index contributed by atoms with van der Waals surface area (Å²) in [6, 6.07) is 13.9. The fraction of sp³-hybridized carbons (Fsp3) is 0.350. The van der Waals surface area contributed by atoms with Gasteiger partial charge >= 0.3 is 0 Å². The third kappa shape index (κ3) is 4.42. The molecule has 1 amide bonds. The number of rotatable bonds is 5. The van der Waals surface area contributed by atoms with Gasteiger partial charge in [0.1, 0.15) is 12.4 Å². The van der Waals surface area contributed by atoms with Crippen LogP contribution in [0.4, 0.5) is 4.39 Å². The van der Waals surface area contributed by atoms with E-state index >= 15 is 0 Å². The molecule has 1 fully saturated rings. The van der Waals surface area contributed by atoms with Gasteiger partial charge in [0.05, 0.1) is 13.1 Å². The molecule has 1 aliphatic heterocycles. The molecule has 0 radical (unpaired) electrons. The predicted octanol–water partition coefficient (Wildman–Crippen LogP) is 2.32. The van der Waals surface area contributed by atoms with Gasteiger partial charge in [-0.15, -0.1) is 0 Å². The number of likely N-dealkylation sites (tertiary alicyclic amines) is 1. The molecule has 2 N–H and O–H groups in total. The van der Waals surface area contributed by atoms with E-state index in [1.165, 1.54) is 62.2 Å². The monoisotopic (exact) mass is 327 g/mol. The highest BCUT2D eigenvalue weighted by molar-refractivity contribution is 5.94. The maximum Gasteiger partial charge on any atom is 0.251 e. The zero-order valence-electron chi connectivity index (χ0n) is 13.9. The van der Waals surface area contributed by atoms with Crippen LogP contribution >= 0.6 is 0 Å². The number of carbonyl (C=O) groups is 1. The van der Waals surface area contributed by atoms with E-state index < -0.39 is 0 Å². The summed E-state index contributed by atoms with van der Waals surface area (Å²) in [4.78, 5) is 13.8. The first-order chi connectivity index (χ1) is 11.7. The molecular formula is C20H24FN2O+. The quantitative estimate of drug-likeness (QED) is 0.868. The molecule has 0 spiro atoms. The molecule has 1 heterocycles.